The van der Waals surface area contributed by atoms with E-state index in [1.807, 2.05) is 0 Å². The Morgan fingerprint density at radius 1 is 1.00 bits per heavy atom. The number of fused-ring (bicyclic) bond motifs is 2. The first-order valence-corrected chi connectivity index (χ1v) is 9.59. The molecule has 4 rings (SSSR count). The summed E-state index contributed by atoms with van der Waals surface area (Å²) in [7, 11) is 0. The third-order valence-electron chi connectivity index (χ3n) is 6.61. The normalized spacial score (nSPS) is 28.7. The zero-order chi connectivity index (χ0) is 18.4. The Labute approximate surface area is 152 Å². The number of aromatic carboxylic acids is 1. The second-order valence-corrected chi connectivity index (χ2v) is 8.28. The predicted octanol–water partition coefficient (Wildman–Crippen LogP) is 6.14. The fraction of sp³-hybridized carbons (Fsp3) is 0.500. The Morgan fingerprint density at radius 2 is 1.73 bits per heavy atom. The van der Waals surface area contributed by atoms with Crippen LogP contribution in [0.25, 0.3) is 10.8 Å². The molecule has 0 aromatic heterocycles. The average Bonchev–Trinajstić information content (AvgIpc) is 2.64. The first-order chi connectivity index (χ1) is 12.4. The Bertz CT molecular complexity index is 861. The SMILES string of the molecule is CC1CCC2CC(c3cc4ccc(C(=O)O)cc4c(F)c3F)CCC2C1. The van der Waals surface area contributed by atoms with Gasteiger partial charge in [-0.05, 0) is 84.9 Å². The van der Waals surface area contributed by atoms with Crippen LogP contribution in [0.1, 0.15) is 67.3 Å². The first kappa shape index (κ1) is 17.4. The van der Waals surface area contributed by atoms with Gasteiger partial charge < -0.3 is 5.11 Å². The van der Waals surface area contributed by atoms with Crippen LogP contribution in [-0.2, 0) is 0 Å². The smallest absolute Gasteiger partial charge is 0.335 e. The summed E-state index contributed by atoms with van der Waals surface area (Å²) in [5.74, 6) is -0.652. The van der Waals surface area contributed by atoms with Gasteiger partial charge in [-0.15, -0.1) is 0 Å². The lowest BCUT2D eigenvalue weighted by Crippen LogP contribution is -2.30. The molecule has 2 aromatic carbocycles. The van der Waals surface area contributed by atoms with E-state index in [-0.39, 0.29) is 16.9 Å². The Morgan fingerprint density at radius 3 is 2.50 bits per heavy atom. The van der Waals surface area contributed by atoms with Crippen molar-refractivity contribution in [3.8, 4) is 0 Å². The standard InChI is InChI=1S/C22H24F2O2/c1-12-2-3-14-9-15(5-4-13(14)8-12)18-10-16-6-7-17(22(25)26)11-19(16)21(24)20(18)23/h6-7,10-15H,2-5,8-9H2,1H3,(H,25,26). The van der Waals surface area contributed by atoms with Crippen molar-refractivity contribution < 1.29 is 18.7 Å². The van der Waals surface area contributed by atoms with Crippen LogP contribution in [0.3, 0.4) is 0 Å². The van der Waals surface area contributed by atoms with Crippen LogP contribution < -0.4 is 0 Å². The molecule has 4 heteroatoms. The molecule has 2 aliphatic carbocycles. The summed E-state index contributed by atoms with van der Waals surface area (Å²) in [5, 5.41) is 9.70. The number of carboxylic acids is 1. The lowest BCUT2D eigenvalue weighted by Gasteiger charge is -2.41. The summed E-state index contributed by atoms with van der Waals surface area (Å²) in [6.07, 6.45) is 6.64. The molecular formula is C22H24F2O2. The first-order valence-electron chi connectivity index (χ1n) is 9.59. The highest BCUT2D eigenvalue weighted by molar-refractivity contribution is 5.94. The van der Waals surface area contributed by atoms with Gasteiger partial charge in [0.1, 0.15) is 0 Å². The number of rotatable bonds is 2. The molecule has 4 unspecified atom stereocenters. The number of carboxylic acid groups (broad SMARTS) is 1. The third kappa shape index (κ3) is 3.00. The van der Waals surface area contributed by atoms with Crippen LogP contribution >= 0.6 is 0 Å². The minimum absolute atomic E-state index is 0.0274. The zero-order valence-electron chi connectivity index (χ0n) is 15.0. The quantitative estimate of drug-likeness (QED) is 0.700. The zero-order valence-corrected chi connectivity index (χ0v) is 15.0. The highest BCUT2D eigenvalue weighted by atomic mass is 19.2. The van der Waals surface area contributed by atoms with Crippen molar-refractivity contribution in [3.63, 3.8) is 0 Å². The molecule has 4 atom stereocenters. The topological polar surface area (TPSA) is 37.3 Å². The fourth-order valence-electron chi connectivity index (χ4n) is 5.18. The van der Waals surface area contributed by atoms with Gasteiger partial charge in [0.2, 0.25) is 0 Å². The van der Waals surface area contributed by atoms with E-state index in [1.165, 1.54) is 31.4 Å². The van der Waals surface area contributed by atoms with Crippen LogP contribution in [0, 0.1) is 29.4 Å². The van der Waals surface area contributed by atoms with E-state index in [2.05, 4.69) is 6.92 Å². The second-order valence-electron chi connectivity index (χ2n) is 8.28. The number of halogens is 2. The van der Waals surface area contributed by atoms with E-state index in [0.717, 1.165) is 31.1 Å². The van der Waals surface area contributed by atoms with E-state index >= 15 is 0 Å². The minimum atomic E-state index is -1.14. The molecule has 0 saturated heterocycles. The van der Waals surface area contributed by atoms with Gasteiger partial charge in [0.25, 0.3) is 0 Å². The predicted molar refractivity (Wildman–Crippen MR) is 97.4 cm³/mol. The van der Waals surface area contributed by atoms with E-state index in [1.54, 1.807) is 12.1 Å². The molecule has 0 amide bonds. The van der Waals surface area contributed by atoms with Gasteiger partial charge in [-0.1, -0.05) is 19.4 Å². The van der Waals surface area contributed by atoms with Crippen LogP contribution in [0.5, 0.6) is 0 Å². The van der Waals surface area contributed by atoms with Gasteiger partial charge in [-0.25, -0.2) is 13.6 Å². The van der Waals surface area contributed by atoms with Crippen molar-refractivity contribution in [2.24, 2.45) is 17.8 Å². The van der Waals surface area contributed by atoms with E-state index in [0.29, 0.717) is 16.9 Å². The molecule has 0 spiro atoms. The van der Waals surface area contributed by atoms with Crippen LogP contribution in [0.2, 0.25) is 0 Å². The van der Waals surface area contributed by atoms with Crippen molar-refractivity contribution in [1.82, 2.24) is 0 Å². The van der Waals surface area contributed by atoms with Gasteiger partial charge in [-0.3, -0.25) is 0 Å². The fourth-order valence-corrected chi connectivity index (χ4v) is 5.18. The Kier molecular flexibility index (Phi) is 4.45. The molecular weight excluding hydrogens is 334 g/mol. The summed E-state index contributed by atoms with van der Waals surface area (Å²) in [4.78, 5) is 11.1. The molecule has 138 valence electrons. The summed E-state index contributed by atoms with van der Waals surface area (Å²) >= 11 is 0. The molecule has 2 saturated carbocycles. The maximum absolute atomic E-state index is 14.8. The monoisotopic (exact) mass is 358 g/mol. The van der Waals surface area contributed by atoms with Crippen molar-refractivity contribution in [2.45, 2.75) is 51.4 Å². The van der Waals surface area contributed by atoms with Gasteiger partial charge in [0.15, 0.2) is 11.6 Å². The number of hydrogen-bond donors (Lipinski definition) is 1. The number of hydrogen-bond acceptors (Lipinski definition) is 1. The lowest BCUT2D eigenvalue weighted by atomic mass is 9.64. The number of benzene rings is 2. The Balaban J connectivity index is 1.68. The Hall–Kier alpha value is -1.97. The summed E-state index contributed by atoms with van der Waals surface area (Å²) in [5.41, 5.74) is 0.440. The third-order valence-corrected chi connectivity index (χ3v) is 6.61. The van der Waals surface area contributed by atoms with Gasteiger partial charge in [0, 0.05) is 5.39 Å². The van der Waals surface area contributed by atoms with E-state index in [9.17, 15) is 13.6 Å². The van der Waals surface area contributed by atoms with Crippen LogP contribution in [0.4, 0.5) is 8.78 Å². The van der Waals surface area contributed by atoms with E-state index in [4.69, 9.17) is 5.11 Å². The molecule has 2 aliphatic rings. The molecule has 0 aliphatic heterocycles. The minimum Gasteiger partial charge on any atom is -0.478 e. The molecule has 0 heterocycles. The summed E-state index contributed by atoms with van der Waals surface area (Å²) < 4.78 is 29.5. The van der Waals surface area contributed by atoms with E-state index < -0.39 is 17.6 Å². The summed E-state index contributed by atoms with van der Waals surface area (Å²) in [6, 6.07) is 5.99. The van der Waals surface area contributed by atoms with Crippen LogP contribution in [0.15, 0.2) is 24.3 Å². The largest absolute Gasteiger partial charge is 0.478 e. The van der Waals surface area contributed by atoms with Gasteiger partial charge in [-0.2, -0.15) is 0 Å². The molecule has 1 N–H and O–H groups in total. The van der Waals surface area contributed by atoms with Crippen molar-refractivity contribution in [1.29, 1.82) is 0 Å². The molecule has 2 aromatic rings. The second kappa shape index (κ2) is 6.64. The molecule has 2 nitrogen and oxygen atoms in total. The highest BCUT2D eigenvalue weighted by Gasteiger charge is 2.36. The molecule has 0 bridgehead atoms. The molecule has 2 fully saturated rings. The number of carbonyl (C=O) groups is 1. The van der Waals surface area contributed by atoms with Gasteiger partial charge in [0.05, 0.1) is 5.56 Å². The van der Waals surface area contributed by atoms with Crippen LogP contribution in [-0.4, -0.2) is 11.1 Å². The van der Waals surface area contributed by atoms with Gasteiger partial charge >= 0.3 is 5.97 Å². The average molecular weight is 358 g/mol. The lowest BCUT2D eigenvalue weighted by molar-refractivity contribution is 0.0697. The van der Waals surface area contributed by atoms with Crippen molar-refractivity contribution >= 4 is 16.7 Å². The van der Waals surface area contributed by atoms with Crippen molar-refractivity contribution in [2.75, 3.05) is 0 Å². The van der Waals surface area contributed by atoms with Crippen molar-refractivity contribution in [3.05, 3.63) is 47.0 Å². The maximum Gasteiger partial charge on any atom is 0.335 e. The highest BCUT2D eigenvalue weighted by Crippen LogP contribution is 2.48. The molecule has 0 radical (unpaired) electrons. The molecule has 26 heavy (non-hydrogen) atoms. The maximum atomic E-state index is 14.8. The summed E-state index contributed by atoms with van der Waals surface area (Å²) in [6.45, 7) is 2.31.